The van der Waals surface area contributed by atoms with Crippen LogP contribution in [-0.4, -0.2) is 19.9 Å². The van der Waals surface area contributed by atoms with Crippen LogP contribution in [0.25, 0.3) is 0 Å². The summed E-state index contributed by atoms with van der Waals surface area (Å²) in [4.78, 5) is 12.3. The zero-order valence-electron chi connectivity index (χ0n) is 9.38. The van der Waals surface area contributed by atoms with Crippen LogP contribution in [0.5, 0.6) is 0 Å². The third-order valence-corrected chi connectivity index (χ3v) is 3.50. The van der Waals surface area contributed by atoms with Gasteiger partial charge in [-0.2, -0.15) is 0 Å². The molecule has 0 saturated heterocycles. The molecule has 0 spiro atoms. The number of aliphatic hydroxyl groups excluding tert-OH is 1. The molecule has 1 aromatic heterocycles. The van der Waals surface area contributed by atoms with Crippen molar-refractivity contribution in [2.24, 2.45) is 0 Å². The third-order valence-electron chi connectivity index (χ3n) is 2.38. The van der Waals surface area contributed by atoms with Crippen LogP contribution >= 0.6 is 11.8 Å². The third kappa shape index (κ3) is 2.42. The van der Waals surface area contributed by atoms with E-state index in [1.807, 2.05) is 31.2 Å². The Balaban J connectivity index is 2.34. The molecule has 0 bridgehead atoms. The summed E-state index contributed by atoms with van der Waals surface area (Å²) in [6, 6.07) is 7.51. The van der Waals surface area contributed by atoms with E-state index in [1.54, 1.807) is 4.57 Å². The number of rotatable bonds is 4. The predicted octanol–water partition coefficient (Wildman–Crippen LogP) is 1.23. The van der Waals surface area contributed by atoms with Crippen LogP contribution in [0.15, 0.2) is 39.1 Å². The van der Waals surface area contributed by atoms with Crippen molar-refractivity contribution in [1.29, 1.82) is 0 Å². The van der Waals surface area contributed by atoms with E-state index in [9.17, 15) is 9.90 Å². The summed E-state index contributed by atoms with van der Waals surface area (Å²) >= 11 is 1.37. The maximum absolute atomic E-state index is 11.4. The number of H-pyrrole nitrogens is 1. The first kappa shape index (κ1) is 11.9. The molecule has 0 amide bonds. The van der Waals surface area contributed by atoms with Crippen LogP contribution in [0, 0.1) is 0 Å². The van der Waals surface area contributed by atoms with Crippen molar-refractivity contribution >= 4 is 11.8 Å². The van der Waals surface area contributed by atoms with Gasteiger partial charge in [0.25, 0.3) is 0 Å². The molecule has 0 aliphatic heterocycles. The molecule has 6 heteroatoms. The summed E-state index contributed by atoms with van der Waals surface area (Å²) in [5.74, 6) is 0. The van der Waals surface area contributed by atoms with Crippen LogP contribution in [-0.2, 0) is 13.2 Å². The maximum Gasteiger partial charge on any atom is 0.343 e. The highest BCUT2D eigenvalue weighted by molar-refractivity contribution is 7.99. The average Bonchev–Trinajstić information content (AvgIpc) is 2.70. The van der Waals surface area contributed by atoms with E-state index in [4.69, 9.17) is 0 Å². The van der Waals surface area contributed by atoms with Crippen molar-refractivity contribution in [1.82, 2.24) is 14.8 Å². The van der Waals surface area contributed by atoms with Gasteiger partial charge in [0, 0.05) is 11.4 Å². The number of aromatic amines is 1. The van der Waals surface area contributed by atoms with Gasteiger partial charge in [0.05, 0.1) is 6.61 Å². The standard InChI is InChI=1S/C11H13N3O2S/c1-2-14-10(16)12-13-11(14)17-9-6-4-3-5-8(9)7-15/h3-6,15H,2,7H2,1H3,(H,12,16). The highest BCUT2D eigenvalue weighted by Crippen LogP contribution is 2.28. The van der Waals surface area contributed by atoms with E-state index in [0.717, 1.165) is 10.5 Å². The molecule has 0 saturated carbocycles. The summed E-state index contributed by atoms with van der Waals surface area (Å²) in [5, 5.41) is 16.2. The number of hydrogen-bond donors (Lipinski definition) is 2. The molecule has 2 aromatic rings. The second kappa shape index (κ2) is 5.20. The van der Waals surface area contributed by atoms with Crippen LogP contribution < -0.4 is 5.69 Å². The minimum absolute atomic E-state index is 0.0239. The second-order valence-electron chi connectivity index (χ2n) is 3.42. The smallest absolute Gasteiger partial charge is 0.343 e. The highest BCUT2D eigenvalue weighted by Gasteiger charge is 2.10. The number of aliphatic hydroxyl groups is 1. The molecule has 0 atom stereocenters. The van der Waals surface area contributed by atoms with Crippen molar-refractivity contribution < 1.29 is 5.11 Å². The van der Waals surface area contributed by atoms with Crippen molar-refractivity contribution in [3.63, 3.8) is 0 Å². The fourth-order valence-electron chi connectivity index (χ4n) is 1.49. The van der Waals surface area contributed by atoms with Gasteiger partial charge in [-0.15, -0.1) is 5.10 Å². The molecular weight excluding hydrogens is 238 g/mol. The first-order valence-electron chi connectivity index (χ1n) is 5.28. The summed E-state index contributed by atoms with van der Waals surface area (Å²) in [6.45, 7) is 2.43. The SMILES string of the molecule is CCn1c(Sc2ccccc2CO)n[nH]c1=O. The Morgan fingerprint density at radius 1 is 1.47 bits per heavy atom. The molecule has 1 aromatic carbocycles. The highest BCUT2D eigenvalue weighted by atomic mass is 32.2. The number of aromatic nitrogens is 3. The zero-order valence-corrected chi connectivity index (χ0v) is 10.2. The van der Waals surface area contributed by atoms with Crippen LogP contribution in [0.4, 0.5) is 0 Å². The molecule has 0 unspecified atom stereocenters. The van der Waals surface area contributed by atoms with E-state index in [1.165, 1.54) is 11.8 Å². The molecule has 90 valence electrons. The van der Waals surface area contributed by atoms with Crippen LogP contribution in [0.2, 0.25) is 0 Å². The Bertz CT molecular complexity index is 562. The normalized spacial score (nSPS) is 10.7. The van der Waals surface area contributed by atoms with Gasteiger partial charge in [0.2, 0.25) is 0 Å². The fraction of sp³-hybridized carbons (Fsp3) is 0.273. The lowest BCUT2D eigenvalue weighted by Crippen LogP contribution is -2.16. The molecule has 2 N–H and O–H groups in total. The molecule has 1 heterocycles. The van der Waals surface area contributed by atoms with E-state index in [2.05, 4.69) is 10.2 Å². The van der Waals surface area contributed by atoms with E-state index in [-0.39, 0.29) is 12.3 Å². The largest absolute Gasteiger partial charge is 0.392 e. The van der Waals surface area contributed by atoms with Gasteiger partial charge >= 0.3 is 5.69 Å². The van der Waals surface area contributed by atoms with Crippen molar-refractivity contribution in [2.75, 3.05) is 0 Å². The van der Waals surface area contributed by atoms with Gasteiger partial charge in [-0.1, -0.05) is 18.2 Å². The van der Waals surface area contributed by atoms with E-state index < -0.39 is 0 Å². The maximum atomic E-state index is 11.4. The van der Waals surface area contributed by atoms with Crippen molar-refractivity contribution in [2.45, 2.75) is 30.1 Å². The number of benzene rings is 1. The topological polar surface area (TPSA) is 70.9 Å². The van der Waals surface area contributed by atoms with E-state index in [0.29, 0.717) is 11.7 Å². The number of hydrogen-bond acceptors (Lipinski definition) is 4. The van der Waals surface area contributed by atoms with Crippen molar-refractivity contribution in [3.8, 4) is 0 Å². The van der Waals surface area contributed by atoms with Gasteiger partial charge in [-0.05, 0) is 30.3 Å². The Kier molecular flexibility index (Phi) is 3.65. The summed E-state index contributed by atoms with van der Waals surface area (Å²) in [7, 11) is 0. The average molecular weight is 251 g/mol. The van der Waals surface area contributed by atoms with Gasteiger partial charge in [-0.3, -0.25) is 4.57 Å². The predicted molar refractivity (Wildman–Crippen MR) is 65.0 cm³/mol. The quantitative estimate of drug-likeness (QED) is 0.857. The summed E-state index contributed by atoms with van der Waals surface area (Å²) in [6.07, 6.45) is 0. The molecule has 2 rings (SSSR count). The molecule has 0 fully saturated rings. The van der Waals surface area contributed by atoms with Crippen molar-refractivity contribution in [3.05, 3.63) is 40.3 Å². The summed E-state index contributed by atoms with van der Waals surface area (Å²) in [5.41, 5.74) is 0.618. The van der Waals surface area contributed by atoms with Gasteiger partial charge < -0.3 is 5.11 Å². The Labute approximate surface area is 102 Å². The Morgan fingerprint density at radius 3 is 2.94 bits per heavy atom. The van der Waals surface area contributed by atoms with Gasteiger partial charge in [-0.25, -0.2) is 9.89 Å². The van der Waals surface area contributed by atoms with Gasteiger partial charge in [0.1, 0.15) is 0 Å². The number of nitrogens with zero attached hydrogens (tertiary/aromatic N) is 2. The summed E-state index contributed by atoms with van der Waals surface area (Å²) < 4.78 is 1.55. The second-order valence-corrected chi connectivity index (χ2v) is 4.43. The molecule has 0 aliphatic carbocycles. The molecular formula is C11H13N3O2S. The number of nitrogens with one attached hydrogen (secondary N) is 1. The Hall–Kier alpha value is -1.53. The van der Waals surface area contributed by atoms with Gasteiger partial charge in [0.15, 0.2) is 5.16 Å². The fourth-order valence-corrected chi connectivity index (χ4v) is 2.51. The minimum atomic E-state index is -0.212. The first-order valence-corrected chi connectivity index (χ1v) is 6.09. The molecule has 0 aliphatic rings. The Morgan fingerprint density at radius 2 is 2.24 bits per heavy atom. The lowest BCUT2D eigenvalue weighted by atomic mass is 10.2. The molecule has 0 radical (unpaired) electrons. The van der Waals surface area contributed by atoms with Crippen LogP contribution in [0.3, 0.4) is 0 Å². The molecule has 17 heavy (non-hydrogen) atoms. The zero-order chi connectivity index (χ0) is 12.3. The lowest BCUT2D eigenvalue weighted by Gasteiger charge is -2.06. The first-order chi connectivity index (χ1) is 8.26. The molecule has 5 nitrogen and oxygen atoms in total. The minimum Gasteiger partial charge on any atom is -0.392 e. The monoisotopic (exact) mass is 251 g/mol. The lowest BCUT2D eigenvalue weighted by molar-refractivity contribution is 0.279. The van der Waals surface area contributed by atoms with E-state index >= 15 is 0 Å². The van der Waals surface area contributed by atoms with Crippen LogP contribution in [0.1, 0.15) is 12.5 Å².